The highest BCUT2D eigenvalue weighted by atomic mass is 35.5. The molecule has 2 N–H and O–H groups in total. The Morgan fingerprint density at radius 1 is 1.09 bits per heavy atom. The molecule has 32 heavy (non-hydrogen) atoms. The minimum atomic E-state index is -3.75. The maximum atomic E-state index is 13.3. The van der Waals surface area contributed by atoms with Crippen molar-refractivity contribution in [1.29, 1.82) is 0 Å². The number of benzene rings is 2. The average molecular weight is 498 g/mol. The number of hydrogen-bond acceptors (Lipinski definition) is 4. The molecule has 0 aromatic heterocycles. The van der Waals surface area contributed by atoms with Crippen LogP contribution in [0.2, 0.25) is 10.0 Å². The average Bonchev–Trinajstić information content (AvgIpc) is 2.75. The highest BCUT2D eigenvalue weighted by Gasteiger charge is 2.33. The molecular weight excluding hydrogens is 473 g/mol. The van der Waals surface area contributed by atoms with Crippen molar-refractivity contribution in [2.75, 3.05) is 11.9 Å². The van der Waals surface area contributed by atoms with Crippen molar-refractivity contribution in [2.45, 2.75) is 50.1 Å². The summed E-state index contributed by atoms with van der Waals surface area (Å²) in [5, 5.41) is 3.52. The largest absolute Gasteiger partial charge is 0.327 e. The molecule has 0 spiro atoms. The molecule has 0 aliphatic carbocycles. The predicted molar refractivity (Wildman–Crippen MR) is 126 cm³/mol. The molecule has 2 amide bonds. The van der Waals surface area contributed by atoms with Crippen LogP contribution in [0.4, 0.5) is 5.69 Å². The van der Waals surface area contributed by atoms with E-state index in [0.717, 1.165) is 12.8 Å². The number of hydrogen-bond donors (Lipinski definition) is 2. The molecule has 1 atom stereocenters. The van der Waals surface area contributed by atoms with Gasteiger partial charge in [-0.25, -0.2) is 13.1 Å². The lowest BCUT2D eigenvalue weighted by Crippen LogP contribution is -2.50. The zero-order valence-electron chi connectivity index (χ0n) is 17.8. The minimum Gasteiger partial charge on any atom is -0.327 e. The number of anilines is 1. The smallest absolute Gasteiger partial charge is 0.254 e. The van der Waals surface area contributed by atoms with Gasteiger partial charge in [0.05, 0.1) is 15.6 Å². The fourth-order valence-corrected chi connectivity index (χ4v) is 5.23. The molecule has 1 fully saturated rings. The van der Waals surface area contributed by atoms with Crippen LogP contribution in [0.15, 0.2) is 47.4 Å². The fraction of sp³-hybridized carbons (Fsp3) is 0.364. The van der Waals surface area contributed by atoms with Crippen molar-refractivity contribution in [3.8, 4) is 0 Å². The first kappa shape index (κ1) is 24.5. The highest BCUT2D eigenvalue weighted by molar-refractivity contribution is 7.89. The number of nitrogens with zero attached hydrogens (tertiary/aromatic N) is 1. The molecule has 3 rings (SSSR count). The van der Waals surface area contributed by atoms with Crippen LogP contribution >= 0.6 is 23.2 Å². The molecule has 1 aliphatic heterocycles. The molecule has 172 valence electrons. The maximum absolute atomic E-state index is 13.3. The number of likely N-dealkylation sites (tertiary alicyclic amines) is 1. The Morgan fingerprint density at radius 3 is 2.56 bits per heavy atom. The van der Waals surface area contributed by atoms with Crippen molar-refractivity contribution < 1.29 is 18.0 Å². The van der Waals surface area contributed by atoms with E-state index in [9.17, 15) is 18.0 Å². The van der Waals surface area contributed by atoms with Gasteiger partial charge >= 0.3 is 0 Å². The Kier molecular flexibility index (Phi) is 7.82. The number of carbonyl (C=O) groups excluding carboxylic acids is 2. The molecule has 2 aromatic carbocycles. The zero-order chi connectivity index (χ0) is 23.5. The molecule has 1 heterocycles. The summed E-state index contributed by atoms with van der Waals surface area (Å²) in [4.78, 5) is 27.8. The second-order valence-electron chi connectivity index (χ2n) is 7.93. The molecule has 1 aliphatic rings. The number of halogens is 2. The lowest BCUT2D eigenvalue weighted by Gasteiger charge is -2.35. The summed E-state index contributed by atoms with van der Waals surface area (Å²) in [5.74, 6) is -0.767. The standard InChI is InChI=1S/C22H25Cl2N3O4S/c1-14(2)26-32(30,31)17-7-5-6-15(12-17)22(29)27-11-4-3-8-20(27)21(28)25-19-13-16(23)9-10-18(19)24/h5-7,9-10,12-14,20,26H,3-4,8,11H2,1-2H3,(H,25,28)/t20-/m1/s1. The van der Waals surface area contributed by atoms with Crippen molar-refractivity contribution in [3.63, 3.8) is 0 Å². The first-order chi connectivity index (χ1) is 15.1. The van der Waals surface area contributed by atoms with E-state index in [4.69, 9.17) is 23.2 Å². The molecular formula is C22H25Cl2N3O4S. The third-order valence-electron chi connectivity index (χ3n) is 5.03. The van der Waals surface area contributed by atoms with Gasteiger partial charge in [-0.05, 0) is 69.5 Å². The Labute approximate surface area is 198 Å². The van der Waals surface area contributed by atoms with Crippen LogP contribution in [0.5, 0.6) is 0 Å². The van der Waals surface area contributed by atoms with Gasteiger partial charge in [0.2, 0.25) is 15.9 Å². The van der Waals surface area contributed by atoms with E-state index >= 15 is 0 Å². The Balaban J connectivity index is 1.84. The summed E-state index contributed by atoms with van der Waals surface area (Å²) < 4.78 is 27.5. The van der Waals surface area contributed by atoms with Crippen LogP contribution in [0.3, 0.4) is 0 Å². The second-order valence-corrected chi connectivity index (χ2v) is 10.5. The van der Waals surface area contributed by atoms with E-state index in [0.29, 0.717) is 28.7 Å². The third-order valence-corrected chi connectivity index (χ3v) is 7.26. The molecule has 10 heteroatoms. The minimum absolute atomic E-state index is 0.000713. The van der Waals surface area contributed by atoms with E-state index < -0.39 is 22.0 Å². The van der Waals surface area contributed by atoms with Gasteiger partial charge in [-0.1, -0.05) is 29.3 Å². The summed E-state index contributed by atoms with van der Waals surface area (Å²) in [6.07, 6.45) is 2.03. The topological polar surface area (TPSA) is 95.6 Å². The number of amides is 2. The van der Waals surface area contributed by atoms with Crippen molar-refractivity contribution in [2.24, 2.45) is 0 Å². The van der Waals surface area contributed by atoms with E-state index in [1.165, 1.54) is 23.1 Å². The summed E-state index contributed by atoms with van der Waals surface area (Å²) in [5.41, 5.74) is 0.576. The second kappa shape index (κ2) is 10.2. The van der Waals surface area contributed by atoms with Gasteiger partial charge in [0.15, 0.2) is 0 Å². The highest BCUT2D eigenvalue weighted by Crippen LogP contribution is 2.27. The lowest BCUT2D eigenvalue weighted by molar-refractivity contribution is -0.121. The van der Waals surface area contributed by atoms with Gasteiger partial charge in [0, 0.05) is 23.2 Å². The van der Waals surface area contributed by atoms with Gasteiger partial charge in [-0.2, -0.15) is 0 Å². The van der Waals surface area contributed by atoms with Crippen LogP contribution in [-0.2, 0) is 14.8 Å². The molecule has 2 aromatic rings. The van der Waals surface area contributed by atoms with Crippen molar-refractivity contribution in [1.82, 2.24) is 9.62 Å². The van der Waals surface area contributed by atoms with Gasteiger partial charge in [-0.3, -0.25) is 9.59 Å². The number of carbonyl (C=O) groups is 2. The number of piperidine rings is 1. The predicted octanol–water partition coefficient (Wildman–Crippen LogP) is 4.31. The molecule has 0 bridgehead atoms. The van der Waals surface area contributed by atoms with Gasteiger partial charge in [-0.15, -0.1) is 0 Å². The molecule has 0 unspecified atom stereocenters. The SMILES string of the molecule is CC(C)NS(=O)(=O)c1cccc(C(=O)N2CCCC[C@@H]2C(=O)Nc2cc(Cl)ccc2Cl)c1. The number of rotatable bonds is 6. The molecule has 1 saturated heterocycles. The Hall–Kier alpha value is -2.13. The van der Waals surface area contributed by atoms with Crippen molar-refractivity contribution in [3.05, 3.63) is 58.1 Å². The normalized spacial score (nSPS) is 16.8. The van der Waals surface area contributed by atoms with Gasteiger partial charge < -0.3 is 10.2 Å². The number of nitrogens with one attached hydrogen (secondary N) is 2. The molecule has 0 radical (unpaired) electrons. The summed E-state index contributed by atoms with van der Waals surface area (Å²) in [6.45, 7) is 3.83. The van der Waals surface area contributed by atoms with Crippen LogP contribution in [-0.4, -0.2) is 43.8 Å². The Morgan fingerprint density at radius 2 is 1.84 bits per heavy atom. The maximum Gasteiger partial charge on any atom is 0.254 e. The first-order valence-electron chi connectivity index (χ1n) is 10.3. The monoisotopic (exact) mass is 497 g/mol. The van der Waals surface area contributed by atoms with E-state index in [1.807, 2.05) is 0 Å². The molecule has 0 saturated carbocycles. The van der Waals surface area contributed by atoms with Crippen molar-refractivity contribution >= 4 is 50.7 Å². The first-order valence-corrected chi connectivity index (χ1v) is 12.5. The van der Waals surface area contributed by atoms with E-state index in [2.05, 4.69) is 10.0 Å². The van der Waals surface area contributed by atoms with Crippen LogP contribution in [0.1, 0.15) is 43.5 Å². The van der Waals surface area contributed by atoms with Crippen LogP contribution < -0.4 is 10.0 Å². The summed E-state index contributed by atoms with van der Waals surface area (Å²) in [7, 11) is -3.75. The van der Waals surface area contributed by atoms with E-state index in [-0.39, 0.29) is 22.4 Å². The van der Waals surface area contributed by atoms with Gasteiger partial charge in [0.1, 0.15) is 6.04 Å². The summed E-state index contributed by atoms with van der Waals surface area (Å²) in [6, 6.07) is 9.60. The number of sulfonamides is 1. The zero-order valence-corrected chi connectivity index (χ0v) is 20.1. The van der Waals surface area contributed by atoms with Crippen LogP contribution in [0.25, 0.3) is 0 Å². The van der Waals surface area contributed by atoms with Gasteiger partial charge in [0.25, 0.3) is 5.91 Å². The fourth-order valence-electron chi connectivity index (χ4n) is 3.60. The lowest BCUT2D eigenvalue weighted by atomic mass is 10.00. The molecule has 7 nitrogen and oxygen atoms in total. The third kappa shape index (κ3) is 5.81. The Bertz CT molecular complexity index is 1120. The quantitative estimate of drug-likeness (QED) is 0.621. The van der Waals surface area contributed by atoms with Crippen LogP contribution in [0, 0.1) is 0 Å². The van der Waals surface area contributed by atoms with E-state index in [1.54, 1.807) is 38.1 Å². The summed E-state index contributed by atoms with van der Waals surface area (Å²) >= 11 is 12.2.